The number of para-hydroxylation sites is 1. The summed E-state index contributed by atoms with van der Waals surface area (Å²) >= 11 is 0. The van der Waals surface area contributed by atoms with Gasteiger partial charge >= 0.3 is 5.97 Å². The molecule has 1 heterocycles. The zero-order chi connectivity index (χ0) is 17.8. The zero-order valence-electron chi connectivity index (χ0n) is 14.2. The van der Waals surface area contributed by atoms with Crippen molar-refractivity contribution < 1.29 is 19.0 Å². The molecule has 0 fully saturated rings. The van der Waals surface area contributed by atoms with Crippen LogP contribution in [-0.2, 0) is 4.74 Å². The fourth-order valence-corrected chi connectivity index (χ4v) is 2.54. The number of esters is 1. The van der Waals surface area contributed by atoms with Crippen molar-refractivity contribution in [3.63, 3.8) is 0 Å². The zero-order valence-corrected chi connectivity index (χ0v) is 14.2. The van der Waals surface area contributed by atoms with Gasteiger partial charge in [-0.3, -0.25) is 0 Å². The number of nitrogens with one attached hydrogen (secondary N) is 1. The molecule has 1 N–H and O–H groups in total. The molecule has 6 nitrogen and oxygen atoms in total. The first-order valence-electron chi connectivity index (χ1n) is 7.63. The molecule has 0 spiro atoms. The number of fused-ring (bicyclic) bond motifs is 1. The number of ether oxygens (including phenoxy) is 3. The smallest absolute Gasteiger partial charge is 0.340 e. The van der Waals surface area contributed by atoms with E-state index in [1.54, 1.807) is 26.4 Å². The Bertz CT molecular complexity index is 944. The molecular formula is C19H18N2O4. The summed E-state index contributed by atoms with van der Waals surface area (Å²) in [5, 5.41) is 0. The van der Waals surface area contributed by atoms with Gasteiger partial charge in [0.1, 0.15) is 11.3 Å². The van der Waals surface area contributed by atoms with Gasteiger partial charge in [-0.15, -0.1) is 0 Å². The van der Waals surface area contributed by atoms with Crippen LogP contribution < -0.4 is 9.47 Å². The van der Waals surface area contributed by atoms with Crippen LogP contribution >= 0.6 is 0 Å². The summed E-state index contributed by atoms with van der Waals surface area (Å²) in [6.45, 7) is 0. The molecule has 3 aromatic rings. The van der Waals surface area contributed by atoms with Crippen molar-refractivity contribution in [3.05, 3.63) is 53.3 Å². The van der Waals surface area contributed by atoms with Crippen molar-refractivity contribution in [1.29, 1.82) is 0 Å². The fraction of sp³-hybridized carbons (Fsp3) is 0.158. The highest BCUT2D eigenvalue weighted by atomic mass is 16.5. The molecule has 0 aliphatic rings. The third-order valence-electron chi connectivity index (χ3n) is 3.78. The van der Waals surface area contributed by atoms with Crippen LogP contribution in [0.15, 0.2) is 36.4 Å². The largest absolute Gasteiger partial charge is 0.493 e. The summed E-state index contributed by atoms with van der Waals surface area (Å²) in [5.74, 6) is 1.56. The second-order valence-corrected chi connectivity index (χ2v) is 5.26. The number of carbonyl (C=O) groups excluding carboxylic acids is 1. The minimum absolute atomic E-state index is 0.410. The van der Waals surface area contributed by atoms with Crippen LogP contribution in [0.1, 0.15) is 21.7 Å². The minimum atomic E-state index is -0.410. The average Bonchev–Trinajstić information content (AvgIpc) is 3.08. The van der Waals surface area contributed by atoms with E-state index in [0.717, 1.165) is 11.1 Å². The highest BCUT2D eigenvalue weighted by Gasteiger charge is 2.13. The molecule has 0 radical (unpaired) electrons. The summed E-state index contributed by atoms with van der Waals surface area (Å²) < 4.78 is 15.3. The van der Waals surface area contributed by atoms with Gasteiger partial charge in [0, 0.05) is 0 Å². The molecule has 2 aromatic carbocycles. The van der Waals surface area contributed by atoms with E-state index >= 15 is 0 Å². The lowest BCUT2D eigenvalue weighted by molar-refractivity contribution is 0.0603. The molecule has 6 heteroatoms. The Morgan fingerprint density at radius 3 is 2.56 bits per heavy atom. The van der Waals surface area contributed by atoms with Gasteiger partial charge in [-0.1, -0.05) is 18.2 Å². The Kier molecular flexibility index (Phi) is 4.70. The van der Waals surface area contributed by atoms with Gasteiger partial charge in [0.2, 0.25) is 0 Å². The van der Waals surface area contributed by atoms with Crippen molar-refractivity contribution in [3.8, 4) is 11.5 Å². The molecule has 0 aliphatic carbocycles. The van der Waals surface area contributed by atoms with Gasteiger partial charge in [0.15, 0.2) is 11.5 Å². The van der Waals surface area contributed by atoms with Crippen LogP contribution in [0.25, 0.3) is 23.2 Å². The van der Waals surface area contributed by atoms with E-state index in [-0.39, 0.29) is 0 Å². The Morgan fingerprint density at radius 1 is 1.04 bits per heavy atom. The SMILES string of the molecule is COC(=O)c1cccc2[nH]c(C=Cc3ccc(OC)c(OC)c3)nc12. The van der Waals surface area contributed by atoms with Crippen LogP contribution in [0, 0.1) is 0 Å². The molecular weight excluding hydrogens is 320 g/mol. The fourth-order valence-electron chi connectivity index (χ4n) is 2.54. The van der Waals surface area contributed by atoms with Gasteiger partial charge in [-0.2, -0.15) is 0 Å². The maximum atomic E-state index is 11.8. The highest BCUT2D eigenvalue weighted by Crippen LogP contribution is 2.28. The number of nitrogens with zero attached hydrogens (tertiary/aromatic N) is 1. The molecule has 3 rings (SSSR count). The Morgan fingerprint density at radius 2 is 1.84 bits per heavy atom. The third kappa shape index (κ3) is 3.33. The second kappa shape index (κ2) is 7.09. The lowest BCUT2D eigenvalue weighted by Crippen LogP contribution is -2.01. The summed E-state index contributed by atoms with van der Waals surface area (Å²) in [7, 11) is 4.55. The number of methoxy groups -OCH3 is 3. The molecule has 0 unspecified atom stereocenters. The van der Waals surface area contributed by atoms with Gasteiger partial charge < -0.3 is 19.2 Å². The minimum Gasteiger partial charge on any atom is -0.493 e. The second-order valence-electron chi connectivity index (χ2n) is 5.26. The molecule has 1 aromatic heterocycles. The lowest BCUT2D eigenvalue weighted by Gasteiger charge is -2.07. The van der Waals surface area contributed by atoms with E-state index in [9.17, 15) is 4.79 Å². The van der Waals surface area contributed by atoms with Gasteiger partial charge in [0.25, 0.3) is 0 Å². The predicted molar refractivity (Wildman–Crippen MR) is 95.9 cm³/mol. The van der Waals surface area contributed by atoms with E-state index in [2.05, 4.69) is 9.97 Å². The number of carbonyl (C=O) groups is 1. The van der Waals surface area contributed by atoms with Crippen molar-refractivity contribution in [2.75, 3.05) is 21.3 Å². The van der Waals surface area contributed by atoms with Gasteiger partial charge in [-0.25, -0.2) is 9.78 Å². The quantitative estimate of drug-likeness (QED) is 0.720. The third-order valence-corrected chi connectivity index (χ3v) is 3.78. The average molecular weight is 338 g/mol. The standard InChI is InChI=1S/C19H18N2O4/c1-23-15-9-7-12(11-16(15)24-2)8-10-17-20-14-6-4-5-13(18(14)21-17)19(22)25-3/h4-11H,1-3H3,(H,20,21). The number of rotatable bonds is 5. The molecule has 128 valence electrons. The lowest BCUT2D eigenvalue weighted by atomic mass is 10.2. The summed E-state index contributed by atoms with van der Waals surface area (Å²) in [6, 6.07) is 11.0. The summed E-state index contributed by atoms with van der Waals surface area (Å²) in [4.78, 5) is 19.5. The van der Waals surface area contributed by atoms with Crippen molar-refractivity contribution in [1.82, 2.24) is 9.97 Å². The molecule has 0 saturated carbocycles. The summed E-state index contributed by atoms with van der Waals surface area (Å²) in [5.41, 5.74) is 2.73. The summed E-state index contributed by atoms with van der Waals surface area (Å²) in [6.07, 6.45) is 3.74. The van der Waals surface area contributed by atoms with E-state index in [1.165, 1.54) is 7.11 Å². The van der Waals surface area contributed by atoms with E-state index in [0.29, 0.717) is 28.4 Å². The molecule has 0 atom stereocenters. The Hall–Kier alpha value is -3.28. The molecule has 0 amide bonds. The van der Waals surface area contributed by atoms with Crippen LogP contribution in [0.3, 0.4) is 0 Å². The van der Waals surface area contributed by atoms with Crippen molar-refractivity contribution >= 4 is 29.2 Å². The van der Waals surface area contributed by atoms with Gasteiger partial charge in [0.05, 0.1) is 32.4 Å². The molecule has 0 saturated heterocycles. The highest BCUT2D eigenvalue weighted by molar-refractivity contribution is 6.02. The van der Waals surface area contributed by atoms with E-state index in [4.69, 9.17) is 14.2 Å². The maximum Gasteiger partial charge on any atom is 0.340 e. The number of aromatic amines is 1. The number of benzene rings is 2. The van der Waals surface area contributed by atoms with Crippen LogP contribution in [0.4, 0.5) is 0 Å². The maximum absolute atomic E-state index is 11.8. The molecule has 25 heavy (non-hydrogen) atoms. The van der Waals surface area contributed by atoms with Crippen LogP contribution in [-0.4, -0.2) is 37.3 Å². The number of hydrogen-bond donors (Lipinski definition) is 1. The van der Waals surface area contributed by atoms with Crippen LogP contribution in [0.5, 0.6) is 11.5 Å². The number of aromatic nitrogens is 2. The van der Waals surface area contributed by atoms with Gasteiger partial charge in [-0.05, 0) is 35.9 Å². The normalized spacial score (nSPS) is 11.0. The number of imidazole rings is 1. The molecule has 0 bridgehead atoms. The molecule has 0 aliphatic heterocycles. The monoisotopic (exact) mass is 338 g/mol. The van der Waals surface area contributed by atoms with Crippen molar-refractivity contribution in [2.45, 2.75) is 0 Å². The number of H-pyrrole nitrogens is 1. The first kappa shape index (κ1) is 16.6. The predicted octanol–water partition coefficient (Wildman–Crippen LogP) is 3.54. The van der Waals surface area contributed by atoms with Crippen molar-refractivity contribution in [2.24, 2.45) is 0 Å². The topological polar surface area (TPSA) is 73.4 Å². The van der Waals surface area contributed by atoms with E-state index < -0.39 is 5.97 Å². The Labute approximate surface area is 145 Å². The number of hydrogen-bond acceptors (Lipinski definition) is 5. The Balaban J connectivity index is 1.93. The first-order valence-corrected chi connectivity index (χ1v) is 7.63. The van der Waals surface area contributed by atoms with Crippen LogP contribution in [0.2, 0.25) is 0 Å². The first-order chi connectivity index (χ1) is 12.2. The van der Waals surface area contributed by atoms with E-state index in [1.807, 2.05) is 36.4 Å².